The van der Waals surface area contributed by atoms with Gasteiger partial charge in [-0.25, -0.2) is 4.39 Å². The van der Waals surface area contributed by atoms with Crippen LogP contribution >= 0.6 is 0 Å². The summed E-state index contributed by atoms with van der Waals surface area (Å²) < 4.78 is 57.1. The van der Waals surface area contributed by atoms with E-state index in [4.69, 9.17) is 10.5 Å². The summed E-state index contributed by atoms with van der Waals surface area (Å²) in [5, 5.41) is 0. The Balaban J connectivity index is 2.29. The first-order valence-electron chi connectivity index (χ1n) is 7.07. The fourth-order valence-electron chi connectivity index (χ4n) is 2.32. The van der Waals surface area contributed by atoms with Crippen molar-refractivity contribution in [1.82, 2.24) is 0 Å². The van der Waals surface area contributed by atoms with Crippen molar-refractivity contribution < 1.29 is 22.3 Å². The van der Waals surface area contributed by atoms with Gasteiger partial charge in [-0.2, -0.15) is 13.2 Å². The molecule has 0 heterocycles. The molecular weight excluding hydrogens is 310 g/mol. The van der Waals surface area contributed by atoms with Crippen molar-refractivity contribution in [2.24, 2.45) is 5.73 Å². The number of halogens is 4. The van der Waals surface area contributed by atoms with E-state index in [0.29, 0.717) is 12.0 Å². The Bertz CT molecular complexity index is 654. The lowest BCUT2D eigenvalue weighted by Gasteiger charge is -2.31. The van der Waals surface area contributed by atoms with E-state index in [2.05, 4.69) is 0 Å². The van der Waals surface area contributed by atoms with Gasteiger partial charge in [0.15, 0.2) is 0 Å². The molecule has 0 saturated carbocycles. The summed E-state index contributed by atoms with van der Waals surface area (Å²) in [6, 6.07) is 10.3. The third-order valence-corrected chi connectivity index (χ3v) is 3.58. The monoisotopic (exact) mass is 327 g/mol. The van der Waals surface area contributed by atoms with Gasteiger partial charge in [-0.15, -0.1) is 0 Å². The summed E-state index contributed by atoms with van der Waals surface area (Å²) in [5.41, 5.74) is 4.49. The summed E-state index contributed by atoms with van der Waals surface area (Å²) in [7, 11) is 0. The maximum absolute atomic E-state index is 13.4. The first-order chi connectivity index (χ1) is 10.7. The van der Waals surface area contributed by atoms with Crippen LogP contribution in [0.4, 0.5) is 17.6 Å². The molecule has 0 amide bonds. The molecule has 2 N–H and O–H groups in total. The minimum absolute atomic E-state index is 0.262. The van der Waals surface area contributed by atoms with Gasteiger partial charge in [0.1, 0.15) is 17.2 Å². The lowest BCUT2D eigenvalue weighted by molar-refractivity contribution is -0.137. The summed E-state index contributed by atoms with van der Waals surface area (Å²) in [6.07, 6.45) is -4.01. The maximum Gasteiger partial charge on any atom is 0.416 e. The summed E-state index contributed by atoms with van der Waals surface area (Å²) in [6.45, 7) is 2.01. The van der Waals surface area contributed by atoms with Gasteiger partial charge in [0.2, 0.25) is 0 Å². The largest absolute Gasteiger partial charge is 0.483 e. The Morgan fingerprint density at radius 2 is 1.65 bits per heavy atom. The Hall–Kier alpha value is -2.08. The summed E-state index contributed by atoms with van der Waals surface area (Å²) in [4.78, 5) is 0. The van der Waals surface area contributed by atoms with Gasteiger partial charge in [0.05, 0.1) is 5.56 Å². The minimum Gasteiger partial charge on any atom is -0.483 e. The standard InChI is InChI=1S/C17H17F4NO/c1-16(9-10-22,13-3-2-4-14(18)11-13)23-15-7-5-12(6-8-15)17(19,20)21/h2-8,11H,9-10,22H2,1H3. The number of ether oxygens (including phenoxy) is 1. The number of nitrogens with two attached hydrogens (primary N) is 1. The normalized spacial score (nSPS) is 14.3. The molecule has 2 nitrogen and oxygen atoms in total. The predicted molar refractivity (Wildman–Crippen MR) is 79.5 cm³/mol. The number of alkyl halides is 3. The molecule has 0 fully saturated rings. The van der Waals surface area contributed by atoms with Gasteiger partial charge in [-0.3, -0.25) is 0 Å². The fourth-order valence-corrected chi connectivity index (χ4v) is 2.32. The average Bonchev–Trinajstić information content (AvgIpc) is 2.47. The Labute approximate surface area is 131 Å². The minimum atomic E-state index is -4.40. The molecule has 1 unspecified atom stereocenters. The SMILES string of the molecule is CC(CCN)(Oc1ccc(C(F)(F)F)cc1)c1cccc(F)c1. The molecule has 0 aliphatic heterocycles. The van der Waals surface area contributed by atoms with Gasteiger partial charge >= 0.3 is 6.18 Å². The lowest BCUT2D eigenvalue weighted by atomic mass is 9.92. The van der Waals surface area contributed by atoms with E-state index in [0.717, 1.165) is 12.1 Å². The molecule has 0 bridgehead atoms. The van der Waals surface area contributed by atoms with Crippen molar-refractivity contribution >= 4 is 0 Å². The zero-order chi connectivity index (χ0) is 17.1. The highest BCUT2D eigenvalue weighted by Gasteiger charge is 2.31. The molecule has 1 atom stereocenters. The summed E-state index contributed by atoms with van der Waals surface area (Å²) in [5.74, 6) is -0.153. The molecule has 0 saturated heterocycles. The van der Waals surface area contributed by atoms with Crippen LogP contribution in [-0.4, -0.2) is 6.54 Å². The van der Waals surface area contributed by atoms with E-state index in [1.807, 2.05) is 0 Å². The van der Waals surface area contributed by atoms with Crippen molar-refractivity contribution in [3.05, 3.63) is 65.5 Å². The molecule has 2 rings (SSSR count). The van der Waals surface area contributed by atoms with Crippen molar-refractivity contribution in [3.63, 3.8) is 0 Å². The van der Waals surface area contributed by atoms with Gasteiger partial charge in [-0.1, -0.05) is 12.1 Å². The highest BCUT2D eigenvalue weighted by molar-refractivity contribution is 5.31. The van der Waals surface area contributed by atoms with Crippen LogP contribution in [0.25, 0.3) is 0 Å². The molecule has 124 valence electrons. The van der Waals surface area contributed by atoms with Gasteiger partial charge in [0, 0.05) is 6.42 Å². The topological polar surface area (TPSA) is 35.2 Å². The highest BCUT2D eigenvalue weighted by atomic mass is 19.4. The molecular formula is C17H17F4NO. The molecule has 6 heteroatoms. The molecule has 0 aliphatic rings. The predicted octanol–water partition coefficient (Wildman–Crippen LogP) is 4.49. The molecule has 0 spiro atoms. The molecule has 2 aromatic rings. The Morgan fingerprint density at radius 3 is 2.17 bits per heavy atom. The van der Waals surface area contributed by atoms with Gasteiger partial charge < -0.3 is 10.5 Å². The smallest absolute Gasteiger partial charge is 0.416 e. The van der Waals surface area contributed by atoms with Crippen molar-refractivity contribution in [2.75, 3.05) is 6.54 Å². The molecule has 2 aromatic carbocycles. The van der Waals surface area contributed by atoms with Gasteiger partial charge in [-0.05, 0) is 55.4 Å². The number of rotatable bonds is 5. The second-order valence-electron chi connectivity index (χ2n) is 5.40. The average molecular weight is 327 g/mol. The van der Waals surface area contributed by atoms with Crippen LogP contribution in [0, 0.1) is 5.82 Å². The van der Waals surface area contributed by atoms with Crippen LogP contribution in [0.15, 0.2) is 48.5 Å². The van der Waals surface area contributed by atoms with E-state index in [1.165, 1.54) is 24.3 Å². The maximum atomic E-state index is 13.4. The highest BCUT2D eigenvalue weighted by Crippen LogP contribution is 2.34. The van der Waals surface area contributed by atoms with E-state index in [9.17, 15) is 17.6 Å². The van der Waals surface area contributed by atoms with E-state index < -0.39 is 23.2 Å². The second-order valence-corrected chi connectivity index (χ2v) is 5.40. The zero-order valence-electron chi connectivity index (χ0n) is 12.5. The first kappa shape index (κ1) is 17.3. The Kier molecular flexibility index (Phi) is 4.94. The van der Waals surface area contributed by atoms with E-state index in [1.54, 1.807) is 19.1 Å². The summed E-state index contributed by atoms with van der Waals surface area (Å²) >= 11 is 0. The molecule has 0 radical (unpaired) electrons. The Morgan fingerprint density at radius 1 is 1.00 bits per heavy atom. The van der Waals surface area contributed by atoms with Gasteiger partial charge in [0.25, 0.3) is 0 Å². The lowest BCUT2D eigenvalue weighted by Crippen LogP contribution is -2.32. The van der Waals surface area contributed by atoms with Crippen LogP contribution in [0.3, 0.4) is 0 Å². The third-order valence-electron chi connectivity index (χ3n) is 3.58. The van der Waals surface area contributed by atoms with Crippen LogP contribution < -0.4 is 10.5 Å². The number of hydrogen-bond donors (Lipinski definition) is 1. The first-order valence-corrected chi connectivity index (χ1v) is 7.07. The van der Waals surface area contributed by atoms with E-state index in [-0.39, 0.29) is 12.3 Å². The van der Waals surface area contributed by atoms with E-state index >= 15 is 0 Å². The van der Waals surface area contributed by atoms with Crippen LogP contribution in [0.1, 0.15) is 24.5 Å². The van der Waals surface area contributed by atoms with Crippen LogP contribution in [-0.2, 0) is 11.8 Å². The number of hydrogen-bond acceptors (Lipinski definition) is 2. The van der Waals surface area contributed by atoms with Crippen molar-refractivity contribution in [3.8, 4) is 5.75 Å². The molecule has 0 aliphatic carbocycles. The second kappa shape index (κ2) is 6.58. The quantitative estimate of drug-likeness (QED) is 0.821. The van der Waals surface area contributed by atoms with Crippen molar-refractivity contribution in [1.29, 1.82) is 0 Å². The fraction of sp³-hybridized carbons (Fsp3) is 0.294. The third kappa shape index (κ3) is 4.22. The van der Waals surface area contributed by atoms with Crippen molar-refractivity contribution in [2.45, 2.75) is 25.1 Å². The van der Waals surface area contributed by atoms with Crippen LogP contribution in [0.5, 0.6) is 5.75 Å². The molecule has 0 aromatic heterocycles. The van der Waals surface area contributed by atoms with Crippen LogP contribution in [0.2, 0.25) is 0 Å². The number of benzene rings is 2. The zero-order valence-corrected chi connectivity index (χ0v) is 12.5. The molecule has 23 heavy (non-hydrogen) atoms.